The molecule has 0 fully saturated rings. The van der Waals surface area contributed by atoms with Gasteiger partial charge in [0.2, 0.25) is 5.91 Å². The minimum atomic E-state index is -0.624. The van der Waals surface area contributed by atoms with Crippen LogP contribution in [-0.2, 0) is 14.3 Å². The summed E-state index contributed by atoms with van der Waals surface area (Å²) in [4.78, 5) is 25.5. The Labute approximate surface area is 122 Å². The maximum atomic E-state index is 12.5. The van der Waals surface area contributed by atoms with E-state index < -0.39 is 12.0 Å². The van der Waals surface area contributed by atoms with Crippen LogP contribution < -0.4 is 5.73 Å². The minimum Gasteiger partial charge on any atom is -0.468 e. The first kappa shape index (κ1) is 18.9. The van der Waals surface area contributed by atoms with E-state index in [0.717, 1.165) is 12.8 Å². The van der Waals surface area contributed by atoms with Crippen LogP contribution in [0.3, 0.4) is 0 Å². The van der Waals surface area contributed by atoms with Gasteiger partial charge in [-0.1, -0.05) is 47.5 Å². The van der Waals surface area contributed by atoms with Crippen LogP contribution in [-0.4, -0.2) is 43.0 Å². The van der Waals surface area contributed by atoms with Gasteiger partial charge < -0.3 is 15.4 Å². The van der Waals surface area contributed by atoms with Crippen LogP contribution >= 0.6 is 0 Å². The molecule has 0 aromatic rings. The number of esters is 1. The van der Waals surface area contributed by atoms with Crippen molar-refractivity contribution < 1.29 is 14.3 Å². The highest BCUT2D eigenvalue weighted by molar-refractivity contribution is 5.86. The topological polar surface area (TPSA) is 72.6 Å². The van der Waals surface area contributed by atoms with E-state index >= 15 is 0 Å². The summed E-state index contributed by atoms with van der Waals surface area (Å²) in [5.41, 5.74) is 5.69. The summed E-state index contributed by atoms with van der Waals surface area (Å²) in [7, 11) is 1.33. The predicted octanol–water partition coefficient (Wildman–Crippen LogP) is 1.80. The monoisotopic (exact) mass is 286 g/mol. The van der Waals surface area contributed by atoms with Crippen LogP contribution in [0.4, 0.5) is 0 Å². The molecule has 0 heterocycles. The van der Waals surface area contributed by atoms with Gasteiger partial charge in [0.1, 0.15) is 6.54 Å². The van der Waals surface area contributed by atoms with E-state index in [1.807, 2.05) is 20.8 Å². The molecule has 0 rings (SSSR count). The molecule has 0 aromatic carbocycles. The fourth-order valence-corrected chi connectivity index (χ4v) is 1.88. The van der Waals surface area contributed by atoms with Crippen LogP contribution in [0.1, 0.15) is 47.5 Å². The van der Waals surface area contributed by atoms with Crippen LogP contribution in [0, 0.1) is 11.3 Å². The largest absolute Gasteiger partial charge is 0.468 e. The minimum absolute atomic E-state index is 0.0321. The number of amides is 1. The lowest BCUT2D eigenvalue weighted by Gasteiger charge is -2.33. The average molecular weight is 286 g/mol. The fourth-order valence-electron chi connectivity index (χ4n) is 1.88. The molecule has 1 amide bonds. The summed E-state index contributed by atoms with van der Waals surface area (Å²) < 4.78 is 4.67. The Balaban J connectivity index is 5.00. The number of ether oxygens (including phenoxy) is 1. The van der Waals surface area contributed by atoms with Crippen molar-refractivity contribution >= 4 is 11.9 Å². The van der Waals surface area contributed by atoms with E-state index in [2.05, 4.69) is 18.6 Å². The lowest BCUT2D eigenvalue weighted by atomic mass is 9.86. The highest BCUT2D eigenvalue weighted by Gasteiger charge is 2.32. The average Bonchev–Trinajstić information content (AvgIpc) is 2.40. The molecule has 2 N–H and O–H groups in total. The summed E-state index contributed by atoms with van der Waals surface area (Å²) in [6.45, 7) is 10.4. The zero-order valence-electron chi connectivity index (χ0n) is 13.7. The van der Waals surface area contributed by atoms with Gasteiger partial charge in [-0.2, -0.15) is 0 Å². The van der Waals surface area contributed by atoms with Crippen LogP contribution in [0.5, 0.6) is 0 Å². The summed E-state index contributed by atoms with van der Waals surface area (Å²) in [5, 5.41) is 0. The zero-order chi connectivity index (χ0) is 15.9. The van der Waals surface area contributed by atoms with Crippen molar-refractivity contribution in [1.82, 2.24) is 4.90 Å². The third-order valence-electron chi connectivity index (χ3n) is 3.69. The van der Waals surface area contributed by atoms with E-state index in [-0.39, 0.29) is 17.9 Å². The van der Waals surface area contributed by atoms with E-state index in [9.17, 15) is 9.59 Å². The summed E-state index contributed by atoms with van der Waals surface area (Å²) >= 11 is 0. The Hall–Kier alpha value is -1.10. The van der Waals surface area contributed by atoms with Gasteiger partial charge in [0, 0.05) is 6.54 Å². The van der Waals surface area contributed by atoms with Crippen molar-refractivity contribution in [3.8, 4) is 0 Å². The standard InChI is InChI=1S/C15H30N2O3/c1-7-11(8-2)9-17(10-12(18)20-6)14(19)13(16)15(3,4)5/h11,13H,7-10,16H2,1-6H3. The van der Waals surface area contributed by atoms with Crippen molar-refractivity contribution in [3.05, 3.63) is 0 Å². The lowest BCUT2D eigenvalue weighted by molar-refractivity contribution is -0.148. The molecule has 1 atom stereocenters. The first-order chi connectivity index (χ1) is 9.17. The molecule has 0 aromatic heterocycles. The lowest BCUT2D eigenvalue weighted by Crippen LogP contribution is -2.52. The molecule has 0 aliphatic carbocycles. The molecule has 1 unspecified atom stereocenters. The maximum absolute atomic E-state index is 12.5. The van der Waals surface area contributed by atoms with Gasteiger partial charge in [0.05, 0.1) is 13.2 Å². The first-order valence-electron chi connectivity index (χ1n) is 7.28. The molecular formula is C15H30N2O3. The number of hydrogen-bond acceptors (Lipinski definition) is 4. The molecule has 5 heteroatoms. The predicted molar refractivity (Wildman–Crippen MR) is 80.1 cm³/mol. The van der Waals surface area contributed by atoms with Crippen molar-refractivity contribution in [2.75, 3.05) is 20.2 Å². The Bertz CT molecular complexity index is 320. The Kier molecular flexibility index (Phi) is 7.79. The molecule has 0 aliphatic rings. The van der Waals surface area contributed by atoms with Crippen molar-refractivity contribution in [3.63, 3.8) is 0 Å². The highest BCUT2D eigenvalue weighted by atomic mass is 16.5. The fraction of sp³-hybridized carbons (Fsp3) is 0.867. The van der Waals surface area contributed by atoms with Crippen molar-refractivity contribution in [1.29, 1.82) is 0 Å². The second kappa shape index (κ2) is 8.25. The molecule has 5 nitrogen and oxygen atoms in total. The number of carbonyl (C=O) groups excluding carboxylic acids is 2. The Morgan fingerprint density at radius 2 is 1.70 bits per heavy atom. The summed E-state index contributed by atoms with van der Waals surface area (Å²) in [6.07, 6.45) is 1.93. The van der Waals surface area contributed by atoms with Crippen molar-refractivity contribution in [2.45, 2.75) is 53.5 Å². The summed E-state index contributed by atoms with van der Waals surface area (Å²) in [6, 6.07) is -0.624. The number of methoxy groups -OCH3 is 1. The van der Waals surface area contributed by atoms with Gasteiger partial charge in [0.25, 0.3) is 0 Å². The van der Waals surface area contributed by atoms with Crippen molar-refractivity contribution in [2.24, 2.45) is 17.1 Å². The number of nitrogens with zero attached hydrogens (tertiary/aromatic N) is 1. The summed E-state index contributed by atoms with van der Waals surface area (Å²) in [5.74, 6) is -0.226. The van der Waals surface area contributed by atoms with E-state index in [1.54, 1.807) is 4.90 Å². The number of carbonyl (C=O) groups is 2. The van der Waals surface area contributed by atoms with Crippen LogP contribution in [0.25, 0.3) is 0 Å². The van der Waals surface area contributed by atoms with Gasteiger partial charge in [-0.3, -0.25) is 9.59 Å². The zero-order valence-corrected chi connectivity index (χ0v) is 13.7. The van der Waals surface area contributed by atoms with Gasteiger partial charge >= 0.3 is 5.97 Å². The molecule has 0 radical (unpaired) electrons. The second-order valence-corrected chi connectivity index (χ2v) is 6.32. The van der Waals surface area contributed by atoms with E-state index in [4.69, 9.17) is 5.73 Å². The van der Waals surface area contributed by atoms with Gasteiger partial charge in [-0.05, 0) is 11.3 Å². The first-order valence-corrected chi connectivity index (χ1v) is 7.28. The van der Waals surface area contributed by atoms with Gasteiger partial charge in [-0.15, -0.1) is 0 Å². The molecule has 0 spiro atoms. The molecule has 0 saturated carbocycles. The number of rotatable bonds is 7. The Morgan fingerprint density at radius 3 is 2.05 bits per heavy atom. The molecule has 118 valence electrons. The number of nitrogens with two attached hydrogens (primary N) is 1. The molecule has 0 bridgehead atoms. The second-order valence-electron chi connectivity index (χ2n) is 6.32. The third-order valence-corrected chi connectivity index (χ3v) is 3.69. The smallest absolute Gasteiger partial charge is 0.325 e. The van der Waals surface area contributed by atoms with Crippen LogP contribution in [0.2, 0.25) is 0 Å². The molecule has 0 aliphatic heterocycles. The Morgan fingerprint density at radius 1 is 1.20 bits per heavy atom. The molecule has 0 saturated heterocycles. The van der Waals surface area contributed by atoms with Gasteiger partial charge in [0.15, 0.2) is 0 Å². The normalized spacial score (nSPS) is 13.2. The SMILES string of the molecule is CCC(CC)CN(CC(=O)OC)C(=O)C(N)C(C)(C)C. The van der Waals surface area contributed by atoms with E-state index in [0.29, 0.717) is 12.5 Å². The third kappa shape index (κ3) is 5.90. The van der Waals surface area contributed by atoms with Gasteiger partial charge in [-0.25, -0.2) is 0 Å². The number of hydrogen-bond donors (Lipinski definition) is 1. The van der Waals surface area contributed by atoms with Crippen LogP contribution in [0.15, 0.2) is 0 Å². The highest BCUT2D eigenvalue weighted by Crippen LogP contribution is 2.20. The molecule has 20 heavy (non-hydrogen) atoms. The molecular weight excluding hydrogens is 256 g/mol. The maximum Gasteiger partial charge on any atom is 0.325 e. The van der Waals surface area contributed by atoms with E-state index in [1.165, 1.54) is 7.11 Å². The quantitative estimate of drug-likeness (QED) is 0.724.